The molecule has 0 spiro atoms. The molecule has 0 unspecified atom stereocenters. The predicted octanol–water partition coefficient (Wildman–Crippen LogP) is 3.40. The number of rotatable bonds is 7. The van der Waals surface area contributed by atoms with E-state index in [9.17, 15) is 14.4 Å². The van der Waals surface area contributed by atoms with E-state index in [1.165, 1.54) is 22.3 Å². The largest absolute Gasteiger partial charge is 0.480 e. The number of fused-ring (bicyclic) bond motifs is 3. The molecular weight excluding hydrogens is 448 g/mol. The maximum atomic E-state index is 12.8. The number of likely N-dealkylation sites (tertiary alicyclic amines) is 1. The summed E-state index contributed by atoms with van der Waals surface area (Å²) in [5.74, 6) is -1.09. The first-order chi connectivity index (χ1) is 17.0. The van der Waals surface area contributed by atoms with Crippen LogP contribution in [0, 0.1) is 5.92 Å². The Balaban J connectivity index is 1.11. The summed E-state index contributed by atoms with van der Waals surface area (Å²) in [7, 11) is 0. The number of alkyl carbamates (subject to hydrolysis) is 1. The van der Waals surface area contributed by atoms with Crippen LogP contribution in [-0.2, 0) is 19.1 Å². The number of carboxylic acid groups (broad SMARTS) is 1. The molecule has 2 N–H and O–H groups in total. The summed E-state index contributed by atoms with van der Waals surface area (Å²) in [5, 5.41) is 11.7. The van der Waals surface area contributed by atoms with Crippen LogP contribution in [0.15, 0.2) is 48.5 Å². The number of nitrogens with one attached hydrogen (secondary N) is 1. The average Bonchev–Trinajstić information content (AvgIpc) is 3.15. The van der Waals surface area contributed by atoms with Gasteiger partial charge in [0.1, 0.15) is 13.2 Å². The number of carbonyl (C=O) groups is 3. The van der Waals surface area contributed by atoms with Crippen molar-refractivity contribution >= 4 is 18.0 Å². The van der Waals surface area contributed by atoms with E-state index >= 15 is 0 Å². The minimum Gasteiger partial charge on any atom is -0.480 e. The molecule has 0 bridgehead atoms. The van der Waals surface area contributed by atoms with Crippen molar-refractivity contribution in [1.29, 1.82) is 0 Å². The number of nitrogens with zero attached hydrogens (tertiary/aromatic N) is 1. The van der Waals surface area contributed by atoms with Crippen LogP contribution in [0.5, 0.6) is 0 Å². The summed E-state index contributed by atoms with van der Waals surface area (Å²) in [6.07, 6.45) is 2.39. The van der Waals surface area contributed by atoms with E-state index in [2.05, 4.69) is 29.6 Å². The first kappa shape index (κ1) is 23.4. The van der Waals surface area contributed by atoms with E-state index in [0.29, 0.717) is 19.5 Å². The number of carbonyl (C=O) groups excluding carboxylic acids is 2. The zero-order valence-electron chi connectivity index (χ0n) is 19.5. The molecule has 8 heteroatoms. The highest BCUT2D eigenvalue weighted by molar-refractivity contribution is 5.80. The Morgan fingerprint density at radius 3 is 2.29 bits per heavy atom. The fourth-order valence-corrected chi connectivity index (χ4v) is 5.52. The topological polar surface area (TPSA) is 105 Å². The van der Waals surface area contributed by atoms with Crippen molar-refractivity contribution < 1.29 is 29.0 Å². The second-order valence-corrected chi connectivity index (χ2v) is 9.60. The number of amides is 2. The Morgan fingerprint density at radius 1 is 0.971 bits per heavy atom. The minimum atomic E-state index is -1.01. The fourth-order valence-electron chi connectivity index (χ4n) is 5.52. The Labute approximate surface area is 204 Å². The molecule has 2 aromatic rings. The molecule has 1 heterocycles. The third-order valence-electron chi connectivity index (χ3n) is 7.29. The number of hydrogen-bond donors (Lipinski definition) is 2. The van der Waals surface area contributed by atoms with Gasteiger partial charge in [-0.3, -0.25) is 4.79 Å². The van der Waals surface area contributed by atoms with Crippen molar-refractivity contribution in [3.8, 4) is 11.1 Å². The molecule has 5 rings (SSSR count). The van der Waals surface area contributed by atoms with Gasteiger partial charge < -0.3 is 24.8 Å². The SMILES string of the molecule is O=C(O)COC1CN(C(=O)[C@H]2CCC[C@@H](NC(=O)OCC3c4ccccc4-c4ccccc43)C2)C1. The molecule has 2 atom stereocenters. The number of hydrogen-bond acceptors (Lipinski definition) is 5. The zero-order valence-corrected chi connectivity index (χ0v) is 19.5. The first-order valence-corrected chi connectivity index (χ1v) is 12.2. The van der Waals surface area contributed by atoms with Crippen LogP contribution >= 0.6 is 0 Å². The highest BCUT2D eigenvalue weighted by Gasteiger charge is 2.38. The molecule has 2 amide bonds. The molecule has 1 aliphatic heterocycles. The van der Waals surface area contributed by atoms with Gasteiger partial charge in [0.2, 0.25) is 5.91 Å². The van der Waals surface area contributed by atoms with Gasteiger partial charge in [-0.2, -0.15) is 0 Å². The molecule has 35 heavy (non-hydrogen) atoms. The quantitative estimate of drug-likeness (QED) is 0.632. The summed E-state index contributed by atoms with van der Waals surface area (Å²) in [4.78, 5) is 37.8. The predicted molar refractivity (Wildman–Crippen MR) is 128 cm³/mol. The van der Waals surface area contributed by atoms with E-state index in [1.807, 2.05) is 24.3 Å². The Kier molecular flexibility index (Phi) is 6.72. The van der Waals surface area contributed by atoms with E-state index in [-0.39, 0.29) is 43.1 Å². The standard InChI is InChI=1S/C27H30N2O6/c30-25(31)16-34-19-13-29(14-19)26(32)17-6-5-7-18(12-17)28-27(33)35-15-24-22-10-3-1-8-20(22)21-9-2-4-11-23(21)24/h1-4,8-11,17-19,24H,5-7,12-16H2,(H,28,33)(H,30,31)/t17-,18+/m0/s1. The summed E-state index contributed by atoms with van der Waals surface area (Å²) >= 11 is 0. The van der Waals surface area contributed by atoms with Crippen LogP contribution < -0.4 is 5.32 Å². The average molecular weight is 479 g/mol. The van der Waals surface area contributed by atoms with Crippen molar-refractivity contribution in [3.63, 3.8) is 0 Å². The lowest BCUT2D eigenvalue weighted by Crippen LogP contribution is -2.57. The minimum absolute atomic E-state index is 0.0107. The molecule has 1 saturated carbocycles. The van der Waals surface area contributed by atoms with E-state index < -0.39 is 12.1 Å². The molecule has 3 aliphatic rings. The highest BCUT2D eigenvalue weighted by Crippen LogP contribution is 2.44. The summed E-state index contributed by atoms with van der Waals surface area (Å²) in [6, 6.07) is 16.3. The van der Waals surface area contributed by atoms with E-state index in [4.69, 9.17) is 14.6 Å². The molecular formula is C27H30N2O6. The Hall–Kier alpha value is -3.39. The van der Waals surface area contributed by atoms with Gasteiger partial charge >= 0.3 is 12.1 Å². The van der Waals surface area contributed by atoms with Gasteiger partial charge in [0, 0.05) is 31.0 Å². The summed E-state index contributed by atoms with van der Waals surface area (Å²) < 4.78 is 10.9. The molecule has 2 aromatic carbocycles. The van der Waals surface area contributed by atoms with Gasteiger partial charge in [-0.15, -0.1) is 0 Å². The van der Waals surface area contributed by atoms with Crippen LogP contribution in [0.25, 0.3) is 11.1 Å². The van der Waals surface area contributed by atoms with E-state index in [0.717, 1.165) is 19.3 Å². The molecule has 184 valence electrons. The number of aliphatic carboxylic acids is 1. The van der Waals surface area contributed by atoms with Crippen molar-refractivity contribution in [2.45, 2.75) is 43.7 Å². The van der Waals surface area contributed by atoms with Gasteiger partial charge in [-0.05, 0) is 41.5 Å². The molecule has 0 aromatic heterocycles. The Bertz CT molecular complexity index is 1070. The second kappa shape index (κ2) is 10.1. The third-order valence-corrected chi connectivity index (χ3v) is 7.29. The first-order valence-electron chi connectivity index (χ1n) is 12.2. The second-order valence-electron chi connectivity index (χ2n) is 9.60. The van der Waals surface area contributed by atoms with Gasteiger partial charge in [0.05, 0.1) is 6.10 Å². The van der Waals surface area contributed by atoms with Gasteiger partial charge in [-0.25, -0.2) is 9.59 Å². The van der Waals surface area contributed by atoms with Crippen LogP contribution in [0.3, 0.4) is 0 Å². The summed E-state index contributed by atoms with van der Waals surface area (Å²) in [6.45, 7) is 0.767. The molecule has 8 nitrogen and oxygen atoms in total. The maximum Gasteiger partial charge on any atom is 0.407 e. The number of benzene rings is 2. The van der Waals surface area contributed by atoms with Crippen molar-refractivity contribution in [2.75, 3.05) is 26.3 Å². The van der Waals surface area contributed by atoms with Crippen LogP contribution in [0.2, 0.25) is 0 Å². The van der Waals surface area contributed by atoms with Crippen LogP contribution in [0.4, 0.5) is 4.79 Å². The van der Waals surface area contributed by atoms with Crippen molar-refractivity contribution in [1.82, 2.24) is 10.2 Å². The Morgan fingerprint density at radius 2 is 1.63 bits per heavy atom. The number of carboxylic acids is 1. The van der Waals surface area contributed by atoms with Crippen molar-refractivity contribution in [3.05, 3.63) is 59.7 Å². The third kappa shape index (κ3) is 5.03. The number of ether oxygens (including phenoxy) is 2. The van der Waals surface area contributed by atoms with Gasteiger partial charge in [-0.1, -0.05) is 55.0 Å². The van der Waals surface area contributed by atoms with Crippen LogP contribution in [-0.4, -0.2) is 66.4 Å². The summed E-state index contributed by atoms with van der Waals surface area (Å²) in [5.41, 5.74) is 4.72. The normalized spacial score (nSPS) is 21.5. The highest BCUT2D eigenvalue weighted by atomic mass is 16.5. The van der Waals surface area contributed by atoms with Gasteiger partial charge in [0.15, 0.2) is 0 Å². The molecule has 2 aliphatic carbocycles. The molecule has 2 fully saturated rings. The van der Waals surface area contributed by atoms with E-state index in [1.54, 1.807) is 4.90 Å². The lowest BCUT2D eigenvalue weighted by molar-refractivity contribution is -0.157. The lowest BCUT2D eigenvalue weighted by atomic mass is 9.84. The smallest absolute Gasteiger partial charge is 0.407 e. The zero-order chi connectivity index (χ0) is 24.4. The van der Waals surface area contributed by atoms with Gasteiger partial charge in [0.25, 0.3) is 0 Å². The van der Waals surface area contributed by atoms with Crippen molar-refractivity contribution in [2.24, 2.45) is 5.92 Å². The molecule has 1 saturated heterocycles. The monoisotopic (exact) mass is 478 g/mol. The van der Waals surface area contributed by atoms with Crippen LogP contribution in [0.1, 0.15) is 42.7 Å². The lowest BCUT2D eigenvalue weighted by Gasteiger charge is -2.41. The fraction of sp³-hybridized carbons (Fsp3) is 0.444. The maximum absolute atomic E-state index is 12.8. The molecule has 0 radical (unpaired) electrons.